The Hall–Kier alpha value is -1.64. The quantitative estimate of drug-likeness (QED) is 0.634. The fourth-order valence-corrected chi connectivity index (χ4v) is 8.25. The average molecular weight is 490 g/mol. The molecule has 4 heterocycles. The summed E-state index contributed by atoms with van der Waals surface area (Å²) in [6.07, 6.45) is 5.59. The number of hydrogen-bond acceptors (Lipinski definition) is 5. The summed E-state index contributed by atoms with van der Waals surface area (Å²) in [5, 5.41) is 0. The van der Waals surface area contributed by atoms with E-state index >= 15 is 0 Å². The van der Waals surface area contributed by atoms with Gasteiger partial charge in [0.25, 0.3) is 5.91 Å². The molecule has 188 valence electrons. The summed E-state index contributed by atoms with van der Waals surface area (Å²) in [4.78, 5) is 17.8. The maximum Gasteiger partial charge on any atom is 0.253 e. The largest absolute Gasteiger partial charge is 0.381 e. The fourth-order valence-electron chi connectivity index (χ4n) is 6.40. The third-order valence-electron chi connectivity index (χ3n) is 8.36. The standard InChI is InChI=1S/C26H39N3O4S/c1-3-16-34(31,32)29-24-5-4-20(26(30)27-11-6-19(2)7-12-27)17-22(24)23-18-28(13-8-25(23)29)21-9-14-33-15-10-21/h4-5,17,19,21,23,25H,3,6-16,18H2,1-2H3. The van der Waals surface area contributed by atoms with Crippen LogP contribution in [0.5, 0.6) is 0 Å². The number of rotatable bonds is 5. The van der Waals surface area contributed by atoms with Gasteiger partial charge in [0.05, 0.1) is 17.5 Å². The van der Waals surface area contributed by atoms with E-state index < -0.39 is 10.0 Å². The van der Waals surface area contributed by atoms with Crippen LogP contribution in [0.4, 0.5) is 5.69 Å². The normalized spacial score (nSPS) is 27.0. The molecule has 0 spiro atoms. The van der Waals surface area contributed by atoms with Crippen molar-refractivity contribution in [1.29, 1.82) is 0 Å². The smallest absolute Gasteiger partial charge is 0.253 e. The van der Waals surface area contributed by atoms with E-state index in [9.17, 15) is 13.2 Å². The van der Waals surface area contributed by atoms with Crippen LogP contribution in [-0.4, -0.2) is 81.4 Å². The number of hydrogen-bond donors (Lipinski definition) is 0. The number of likely N-dealkylation sites (tertiary alicyclic amines) is 2. The second kappa shape index (κ2) is 9.78. The Bertz CT molecular complexity index is 999. The summed E-state index contributed by atoms with van der Waals surface area (Å²) >= 11 is 0. The molecule has 34 heavy (non-hydrogen) atoms. The predicted molar refractivity (Wildman–Crippen MR) is 134 cm³/mol. The van der Waals surface area contributed by atoms with Gasteiger partial charge in [0.2, 0.25) is 10.0 Å². The van der Waals surface area contributed by atoms with Gasteiger partial charge in [-0.25, -0.2) is 8.42 Å². The Morgan fingerprint density at radius 1 is 1.06 bits per heavy atom. The SMILES string of the molecule is CCCS(=O)(=O)N1c2ccc(C(=O)N3CCC(C)CC3)cc2C2CN(C3CCOCC3)CCC21. The van der Waals surface area contributed by atoms with Crippen molar-refractivity contribution in [3.05, 3.63) is 29.3 Å². The van der Waals surface area contributed by atoms with Crippen LogP contribution < -0.4 is 4.31 Å². The summed E-state index contributed by atoms with van der Waals surface area (Å²) in [5.41, 5.74) is 2.53. The average Bonchev–Trinajstić information content (AvgIpc) is 3.18. The first kappa shape index (κ1) is 24.1. The third kappa shape index (κ3) is 4.49. The molecule has 4 aliphatic rings. The van der Waals surface area contributed by atoms with Crippen LogP contribution in [-0.2, 0) is 14.8 Å². The molecule has 5 rings (SSSR count). The van der Waals surface area contributed by atoms with Crippen LogP contribution in [0.3, 0.4) is 0 Å². The molecule has 2 atom stereocenters. The molecule has 8 heteroatoms. The number of carbonyl (C=O) groups is 1. The molecule has 2 unspecified atom stereocenters. The van der Waals surface area contributed by atoms with Crippen molar-refractivity contribution in [2.45, 2.75) is 70.4 Å². The second-order valence-corrected chi connectivity index (χ2v) is 12.6. The third-order valence-corrected chi connectivity index (χ3v) is 10.4. The molecule has 0 saturated carbocycles. The number of nitrogens with zero attached hydrogens (tertiary/aromatic N) is 3. The van der Waals surface area contributed by atoms with Gasteiger partial charge >= 0.3 is 0 Å². The van der Waals surface area contributed by atoms with Crippen molar-refractivity contribution in [2.75, 3.05) is 49.5 Å². The highest BCUT2D eigenvalue weighted by molar-refractivity contribution is 7.92. The van der Waals surface area contributed by atoms with E-state index in [1.165, 1.54) is 0 Å². The number of benzene rings is 1. The zero-order valence-corrected chi connectivity index (χ0v) is 21.4. The lowest BCUT2D eigenvalue weighted by molar-refractivity contribution is 0.0227. The number of amides is 1. The van der Waals surface area contributed by atoms with E-state index in [1.54, 1.807) is 4.31 Å². The Balaban J connectivity index is 1.46. The van der Waals surface area contributed by atoms with Gasteiger partial charge in [0.15, 0.2) is 0 Å². The van der Waals surface area contributed by atoms with Gasteiger partial charge in [-0.15, -0.1) is 0 Å². The molecule has 0 bridgehead atoms. The van der Waals surface area contributed by atoms with E-state index in [0.717, 1.165) is 82.7 Å². The predicted octanol–water partition coefficient (Wildman–Crippen LogP) is 3.46. The summed E-state index contributed by atoms with van der Waals surface area (Å²) in [6.45, 7) is 9.13. The lowest BCUT2D eigenvalue weighted by atomic mass is 9.87. The molecule has 7 nitrogen and oxygen atoms in total. The molecule has 0 aliphatic carbocycles. The van der Waals surface area contributed by atoms with Gasteiger partial charge in [0, 0.05) is 56.9 Å². The maximum absolute atomic E-state index is 13.4. The molecule has 3 saturated heterocycles. The summed E-state index contributed by atoms with van der Waals surface area (Å²) in [7, 11) is -3.40. The highest BCUT2D eigenvalue weighted by atomic mass is 32.2. The Morgan fingerprint density at radius 2 is 1.79 bits per heavy atom. The second-order valence-electron chi connectivity index (χ2n) is 10.7. The molecule has 0 aromatic heterocycles. The molecule has 4 aliphatic heterocycles. The minimum Gasteiger partial charge on any atom is -0.381 e. The molecule has 0 radical (unpaired) electrons. The summed E-state index contributed by atoms with van der Waals surface area (Å²) in [5.74, 6) is 1.01. The van der Waals surface area contributed by atoms with Crippen LogP contribution in [0.2, 0.25) is 0 Å². The Morgan fingerprint density at radius 3 is 2.50 bits per heavy atom. The van der Waals surface area contributed by atoms with Gasteiger partial charge in [-0.05, 0) is 68.2 Å². The highest BCUT2D eigenvalue weighted by Gasteiger charge is 2.47. The molecular formula is C26H39N3O4S. The number of piperidine rings is 2. The van der Waals surface area contributed by atoms with Crippen LogP contribution in [0, 0.1) is 5.92 Å². The van der Waals surface area contributed by atoms with Crippen molar-refractivity contribution >= 4 is 21.6 Å². The highest BCUT2D eigenvalue weighted by Crippen LogP contribution is 2.47. The van der Waals surface area contributed by atoms with Crippen molar-refractivity contribution in [3.63, 3.8) is 0 Å². The molecule has 3 fully saturated rings. The minimum atomic E-state index is -3.40. The van der Waals surface area contributed by atoms with Gasteiger partial charge in [-0.2, -0.15) is 0 Å². The first-order chi connectivity index (χ1) is 16.4. The maximum atomic E-state index is 13.4. The van der Waals surface area contributed by atoms with Gasteiger partial charge in [0.1, 0.15) is 0 Å². The summed E-state index contributed by atoms with van der Waals surface area (Å²) in [6, 6.07) is 6.21. The molecule has 1 aromatic rings. The van der Waals surface area contributed by atoms with E-state index in [-0.39, 0.29) is 23.6 Å². The van der Waals surface area contributed by atoms with Gasteiger partial charge in [-0.3, -0.25) is 14.0 Å². The van der Waals surface area contributed by atoms with E-state index in [2.05, 4.69) is 11.8 Å². The van der Waals surface area contributed by atoms with E-state index in [1.807, 2.05) is 30.0 Å². The van der Waals surface area contributed by atoms with E-state index in [4.69, 9.17) is 4.74 Å². The molecule has 1 aromatic carbocycles. The first-order valence-corrected chi connectivity index (χ1v) is 14.8. The zero-order valence-electron chi connectivity index (χ0n) is 20.6. The van der Waals surface area contributed by atoms with Crippen LogP contribution in [0.15, 0.2) is 18.2 Å². The van der Waals surface area contributed by atoms with Crippen molar-refractivity contribution < 1.29 is 17.9 Å². The van der Waals surface area contributed by atoms with Crippen molar-refractivity contribution in [1.82, 2.24) is 9.80 Å². The minimum absolute atomic E-state index is 0.0520. The van der Waals surface area contributed by atoms with Gasteiger partial charge in [-0.1, -0.05) is 13.8 Å². The first-order valence-electron chi connectivity index (χ1n) is 13.2. The Labute approximate surface area is 204 Å². The lowest BCUT2D eigenvalue weighted by Crippen LogP contribution is -2.52. The number of sulfonamides is 1. The number of carbonyl (C=O) groups excluding carboxylic acids is 1. The zero-order chi connectivity index (χ0) is 23.9. The lowest BCUT2D eigenvalue weighted by Gasteiger charge is -2.43. The van der Waals surface area contributed by atoms with E-state index in [0.29, 0.717) is 23.9 Å². The topological polar surface area (TPSA) is 70.2 Å². The Kier molecular flexibility index (Phi) is 6.93. The fraction of sp³-hybridized carbons (Fsp3) is 0.731. The molecule has 1 amide bonds. The van der Waals surface area contributed by atoms with Crippen LogP contribution >= 0.6 is 0 Å². The monoisotopic (exact) mass is 489 g/mol. The van der Waals surface area contributed by atoms with Crippen LogP contribution in [0.1, 0.15) is 74.2 Å². The van der Waals surface area contributed by atoms with Crippen molar-refractivity contribution in [3.8, 4) is 0 Å². The molecule has 0 N–H and O–H groups in total. The summed E-state index contributed by atoms with van der Waals surface area (Å²) < 4.78 is 34.0. The number of fused-ring (bicyclic) bond motifs is 3. The number of anilines is 1. The molecular weight excluding hydrogens is 450 g/mol. The number of ether oxygens (including phenoxy) is 1. The van der Waals surface area contributed by atoms with Crippen LogP contribution in [0.25, 0.3) is 0 Å². The van der Waals surface area contributed by atoms with Crippen molar-refractivity contribution in [2.24, 2.45) is 5.92 Å². The van der Waals surface area contributed by atoms with Gasteiger partial charge < -0.3 is 9.64 Å².